The summed E-state index contributed by atoms with van der Waals surface area (Å²) >= 11 is 0. The van der Waals surface area contributed by atoms with Gasteiger partial charge >= 0.3 is 0 Å². The molecule has 2 heterocycles. The fourth-order valence-electron chi connectivity index (χ4n) is 3.27. The molecule has 3 rings (SSSR count). The van der Waals surface area contributed by atoms with E-state index in [-0.39, 0.29) is 0 Å². The first kappa shape index (κ1) is 19.2. The highest BCUT2D eigenvalue weighted by molar-refractivity contribution is 5.79. The number of nitrogens with one attached hydrogen (secondary N) is 2. The lowest BCUT2D eigenvalue weighted by Gasteiger charge is -2.12. The molecule has 7 nitrogen and oxygen atoms in total. The highest BCUT2D eigenvalue weighted by atomic mass is 16.5. The molecule has 0 spiro atoms. The number of methoxy groups -OCH3 is 1. The molecule has 2 N–H and O–H groups in total. The second-order valence-corrected chi connectivity index (χ2v) is 6.71. The molecule has 0 amide bonds. The van der Waals surface area contributed by atoms with Gasteiger partial charge in [0.05, 0.1) is 13.7 Å². The van der Waals surface area contributed by atoms with E-state index in [1.54, 1.807) is 7.11 Å². The van der Waals surface area contributed by atoms with Gasteiger partial charge in [-0.3, -0.25) is 0 Å². The van der Waals surface area contributed by atoms with Crippen LogP contribution in [0.2, 0.25) is 0 Å². The van der Waals surface area contributed by atoms with Crippen LogP contribution in [0.3, 0.4) is 0 Å². The largest absolute Gasteiger partial charge is 0.497 e. The van der Waals surface area contributed by atoms with Crippen molar-refractivity contribution in [2.24, 2.45) is 4.99 Å². The van der Waals surface area contributed by atoms with E-state index >= 15 is 0 Å². The van der Waals surface area contributed by atoms with Crippen molar-refractivity contribution >= 4 is 5.96 Å². The maximum atomic E-state index is 5.20. The van der Waals surface area contributed by atoms with Crippen molar-refractivity contribution in [2.75, 3.05) is 20.2 Å². The number of fused-ring (bicyclic) bond motifs is 1. The first-order chi connectivity index (χ1) is 13.3. The zero-order valence-corrected chi connectivity index (χ0v) is 16.4. The molecule has 1 aliphatic rings. The van der Waals surface area contributed by atoms with E-state index in [2.05, 4.69) is 37.3 Å². The van der Waals surface area contributed by atoms with Crippen molar-refractivity contribution in [3.63, 3.8) is 0 Å². The minimum Gasteiger partial charge on any atom is -0.497 e. The van der Waals surface area contributed by atoms with Gasteiger partial charge in [-0.05, 0) is 37.5 Å². The molecule has 0 atom stereocenters. The molecule has 0 aliphatic carbocycles. The number of guanidine groups is 1. The number of aromatic nitrogens is 3. The van der Waals surface area contributed by atoms with E-state index in [0.29, 0.717) is 6.54 Å². The lowest BCUT2D eigenvalue weighted by molar-refractivity contribution is 0.414. The molecule has 1 aliphatic heterocycles. The Morgan fingerprint density at radius 3 is 2.78 bits per heavy atom. The van der Waals surface area contributed by atoms with Crippen molar-refractivity contribution in [1.82, 2.24) is 25.4 Å². The maximum absolute atomic E-state index is 5.20. The van der Waals surface area contributed by atoms with Crippen molar-refractivity contribution in [1.29, 1.82) is 0 Å². The molecule has 0 fully saturated rings. The van der Waals surface area contributed by atoms with Gasteiger partial charge in [0, 0.05) is 32.5 Å². The second-order valence-electron chi connectivity index (χ2n) is 6.71. The monoisotopic (exact) mass is 370 g/mol. The fourth-order valence-corrected chi connectivity index (χ4v) is 3.27. The van der Waals surface area contributed by atoms with Crippen LogP contribution in [-0.2, 0) is 25.9 Å². The normalized spacial score (nSPS) is 14.4. The van der Waals surface area contributed by atoms with Crippen molar-refractivity contribution in [2.45, 2.75) is 52.1 Å². The van der Waals surface area contributed by atoms with E-state index in [1.165, 1.54) is 19.3 Å². The minimum atomic E-state index is 0.625. The molecule has 146 valence electrons. The van der Waals surface area contributed by atoms with Crippen LogP contribution in [0.1, 0.15) is 43.4 Å². The fraction of sp³-hybridized carbons (Fsp3) is 0.550. The van der Waals surface area contributed by atoms with Crippen LogP contribution in [-0.4, -0.2) is 40.9 Å². The molecular formula is C20H30N6O. The SMILES string of the molecule is CCNC(=NCc1ccc(OC)cc1)NCCc1nnc2n1CCCCC2. The molecule has 0 saturated heterocycles. The van der Waals surface area contributed by atoms with Gasteiger partial charge in [-0.15, -0.1) is 10.2 Å². The predicted octanol–water partition coefficient (Wildman–Crippen LogP) is 2.31. The second kappa shape index (κ2) is 9.94. The highest BCUT2D eigenvalue weighted by Crippen LogP contribution is 2.14. The lowest BCUT2D eigenvalue weighted by Crippen LogP contribution is -2.38. The smallest absolute Gasteiger partial charge is 0.191 e. The van der Waals surface area contributed by atoms with Crippen LogP contribution in [0, 0.1) is 0 Å². The quantitative estimate of drug-likeness (QED) is 0.578. The van der Waals surface area contributed by atoms with Crippen molar-refractivity contribution in [3.8, 4) is 5.75 Å². The number of rotatable bonds is 7. The number of benzene rings is 1. The summed E-state index contributed by atoms with van der Waals surface area (Å²) in [6.45, 7) is 5.35. The molecule has 2 aromatic rings. The molecular weight excluding hydrogens is 340 g/mol. The average molecular weight is 371 g/mol. The molecule has 0 bridgehead atoms. The zero-order chi connectivity index (χ0) is 18.9. The zero-order valence-electron chi connectivity index (χ0n) is 16.4. The third-order valence-electron chi connectivity index (χ3n) is 4.75. The first-order valence-electron chi connectivity index (χ1n) is 9.86. The molecule has 27 heavy (non-hydrogen) atoms. The summed E-state index contributed by atoms with van der Waals surface area (Å²) in [6, 6.07) is 8.00. The van der Waals surface area contributed by atoms with Crippen LogP contribution in [0.4, 0.5) is 0 Å². The van der Waals surface area contributed by atoms with E-state index in [0.717, 1.165) is 61.4 Å². The Labute approximate surface area is 161 Å². The third-order valence-corrected chi connectivity index (χ3v) is 4.75. The van der Waals surface area contributed by atoms with Crippen LogP contribution in [0.15, 0.2) is 29.3 Å². The summed E-state index contributed by atoms with van der Waals surface area (Å²) in [4.78, 5) is 4.67. The number of nitrogens with zero attached hydrogens (tertiary/aromatic N) is 4. The van der Waals surface area contributed by atoms with Gasteiger partial charge in [-0.2, -0.15) is 0 Å². The number of ether oxygens (including phenoxy) is 1. The minimum absolute atomic E-state index is 0.625. The Morgan fingerprint density at radius 2 is 2.00 bits per heavy atom. The average Bonchev–Trinajstić information content (AvgIpc) is 2.93. The van der Waals surface area contributed by atoms with Gasteiger partial charge in [-0.1, -0.05) is 18.6 Å². The number of hydrogen-bond acceptors (Lipinski definition) is 4. The Kier molecular flexibility index (Phi) is 7.07. The summed E-state index contributed by atoms with van der Waals surface area (Å²) in [5.74, 6) is 3.90. The van der Waals surface area contributed by atoms with Crippen LogP contribution in [0.5, 0.6) is 5.75 Å². The van der Waals surface area contributed by atoms with Gasteiger partial charge in [0.2, 0.25) is 0 Å². The number of hydrogen-bond donors (Lipinski definition) is 2. The molecule has 0 radical (unpaired) electrons. The summed E-state index contributed by atoms with van der Waals surface area (Å²) in [7, 11) is 1.68. The molecule has 0 saturated carbocycles. The molecule has 7 heteroatoms. The van der Waals surface area contributed by atoms with Crippen molar-refractivity contribution in [3.05, 3.63) is 41.5 Å². The topological polar surface area (TPSA) is 76.4 Å². The van der Waals surface area contributed by atoms with Gasteiger partial charge in [0.15, 0.2) is 5.96 Å². The van der Waals surface area contributed by atoms with Gasteiger partial charge < -0.3 is 19.9 Å². The summed E-state index contributed by atoms with van der Waals surface area (Å²) in [6.07, 6.45) is 5.62. The first-order valence-corrected chi connectivity index (χ1v) is 9.86. The lowest BCUT2D eigenvalue weighted by atomic mass is 10.2. The van der Waals surface area contributed by atoms with Crippen LogP contribution >= 0.6 is 0 Å². The Morgan fingerprint density at radius 1 is 1.15 bits per heavy atom. The Hall–Kier alpha value is -2.57. The number of aryl methyl sites for hydroxylation is 1. The predicted molar refractivity (Wildman–Crippen MR) is 107 cm³/mol. The number of aliphatic imine (C=N–C) groups is 1. The molecule has 1 aromatic carbocycles. The van der Waals surface area contributed by atoms with E-state index in [9.17, 15) is 0 Å². The summed E-state index contributed by atoms with van der Waals surface area (Å²) in [5, 5.41) is 15.5. The van der Waals surface area contributed by atoms with Crippen LogP contribution in [0.25, 0.3) is 0 Å². The Balaban J connectivity index is 1.54. The van der Waals surface area contributed by atoms with Crippen molar-refractivity contribution < 1.29 is 4.74 Å². The van der Waals surface area contributed by atoms with Gasteiger partial charge in [0.1, 0.15) is 17.4 Å². The Bertz CT molecular complexity index is 737. The molecule has 1 aromatic heterocycles. The van der Waals surface area contributed by atoms with E-state index in [4.69, 9.17) is 4.74 Å². The third kappa shape index (κ3) is 5.45. The summed E-state index contributed by atoms with van der Waals surface area (Å²) < 4.78 is 7.50. The van der Waals surface area contributed by atoms with Gasteiger partial charge in [0.25, 0.3) is 0 Å². The molecule has 0 unspecified atom stereocenters. The summed E-state index contributed by atoms with van der Waals surface area (Å²) in [5.41, 5.74) is 1.15. The van der Waals surface area contributed by atoms with E-state index in [1.807, 2.05) is 24.3 Å². The standard InChI is InChI=1S/C20H30N6O/c1-3-21-20(23-15-16-8-10-17(27-2)11-9-16)22-13-12-19-25-24-18-7-5-4-6-14-26(18)19/h8-11H,3-7,12-15H2,1-2H3,(H2,21,22,23). The van der Waals surface area contributed by atoms with E-state index < -0.39 is 0 Å². The highest BCUT2D eigenvalue weighted by Gasteiger charge is 2.14. The maximum Gasteiger partial charge on any atom is 0.191 e. The van der Waals surface area contributed by atoms with Crippen LogP contribution < -0.4 is 15.4 Å². The van der Waals surface area contributed by atoms with Gasteiger partial charge in [-0.25, -0.2) is 4.99 Å².